The smallest absolute Gasteiger partial charge is 0.328 e. The van der Waals surface area contributed by atoms with Gasteiger partial charge in [-0.25, -0.2) is 4.79 Å². The average molecular weight is 212 g/mol. The van der Waals surface area contributed by atoms with Crippen molar-refractivity contribution in [2.75, 3.05) is 33.4 Å². The lowest BCUT2D eigenvalue weighted by Gasteiger charge is -2.18. The predicted molar refractivity (Wildman–Crippen MR) is 55.3 cm³/mol. The SMILES string of the molecule is COCCN(C/C=C/C(=O)O)CCC#N. The molecule has 0 spiro atoms. The fourth-order valence-electron chi connectivity index (χ4n) is 1.03. The van der Waals surface area contributed by atoms with Crippen LogP contribution in [0.4, 0.5) is 0 Å². The Hall–Kier alpha value is -1.38. The van der Waals surface area contributed by atoms with Crippen LogP contribution in [-0.4, -0.2) is 49.3 Å². The summed E-state index contributed by atoms with van der Waals surface area (Å²) >= 11 is 0. The molecule has 0 saturated heterocycles. The van der Waals surface area contributed by atoms with Gasteiger partial charge in [-0.05, 0) is 0 Å². The van der Waals surface area contributed by atoms with Crippen molar-refractivity contribution in [1.82, 2.24) is 4.90 Å². The van der Waals surface area contributed by atoms with Crippen molar-refractivity contribution in [3.63, 3.8) is 0 Å². The number of nitrogens with zero attached hydrogens (tertiary/aromatic N) is 2. The minimum absolute atomic E-state index is 0.435. The quantitative estimate of drug-likeness (QED) is 0.593. The molecule has 0 radical (unpaired) electrons. The lowest BCUT2D eigenvalue weighted by Crippen LogP contribution is -2.28. The van der Waals surface area contributed by atoms with Crippen LogP contribution in [0.2, 0.25) is 0 Å². The van der Waals surface area contributed by atoms with Crippen LogP contribution in [0, 0.1) is 11.3 Å². The number of carboxylic acid groups (broad SMARTS) is 1. The van der Waals surface area contributed by atoms with Crippen LogP contribution >= 0.6 is 0 Å². The Bertz CT molecular complexity index is 246. The van der Waals surface area contributed by atoms with Crippen LogP contribution in [0.3, 0.4) is 0 Å². The summed E-state index contributed by atoms with van der Waals surface area (Å²) < 4.78 is 4.91. The molecule has 0 aromatic heterocycles. The van der Waals surface area contributed by atoms with Gasteiger partial charge in [0.2, 0.25) is 0 Å². The molecule has 0 aliphatic rings. The van der Waals surface area contributed by atoms with E-state index in [1.54, 1.807) is 13.2 Å². The number of aliphatic carboxylic acids is 1. The summed E-state index contributed by atoms with van der Waals surface area (Å²) in [5.74, 6) is -0.957. The maximum absolute atomic E-state index is 10.2. The lowest BCUT2D eigenvalue weighted by atomic mass is 10.3. The molecule has 0 aromatic rings. The standard InChI is InChI=1S/C10H16N2O3/c1-15-9-8-12(7-3-5-11)6-2-4-10(13)14/h2,4H,3,6-9H2,1H3,(H,13,14)/b4-2+. The number of nitriles is 1. The van der Waals surface area contributed by atoms with Crippen LogP contribution in [0.1, 0.15) is 6.42 Å². The largest absolute Gasteiger partial charge is 0.478 e. The van der Waals surface area contributed by atoms with E-state index in [0.29, 0.717) is 32.7 Å². The van der Waals surface area contributed by atoms with Crippen molar-refractivity contribution in [1.29, 1.82) is 5.26 Å². The second kappa shape index (κ2) is 9.19. The van der Waals surface area contributed by atoms with Crippen molar-refractivity contribution >= 4 is 5.97 Å². The molecule has 0 bridgehead atoms. The third kappa shape index (κ3) is 8.94. The molecular formula is C10H16N2O3. The van der Waals surface area contributed by atoms with Crippen LogP contribution in [0.5, 0.6) is 0 Å². The molecule has 0 atom stereocenters. The van der Waals surface area contributed by atoms with Gasteiger partial charge in [-0.1, -0.05) is 6.08 Å². The second-order valence-corrected chi connectivity index (χ2v) is 2.94. The number of hydrogen-bond donors (Lipinski definition) is 1. The Balaban J connectivity index is 3.89. The monoisotopic (exact) mass is 212 g/mol. The normalized spacial score (nSPS) is 10.7. The van der Waals surface area contributed by atoms with E-state index >= 15 is 0 Å². The molecule has 15 heavy (non-hydrogen) atoms. The zero-order valence-electron chi connectivity index (χ0n) is 8.85. The number of ether oxygens (including phenoxy) is 1. The molecule has 5 nitrogen and oxygen atoms in total. The molecule has 0 unspecified atom stereocenters. The number of methoxy groups -OCH3 is 1. The number of hydrogen-bond acceptors (Lipinski definition) is 4. The van der Waals surface area contributed by atoms with E-state index in [9.17, 15) is 4.79 Å². The molecule has 0 amide bonds. The van der Waals surface area contributed by atoms with E-state index in [4.69, 9.17) is 15.1 Å². The van der Waals surface area contributed by atoms with E-state index in [0.717, 1.165) is 6.08 Å². The van der Waals surface area contributed by atoms with Crippen LogP contribution in [-0.2, 0) is 9.53 Å². The topological polar surface area (TPSA) is 73.6 Å². The summed E-state index contributed by atoms with van der Waals surface area (Å²) in [4.78, 5) is 12.2. The first-order valence-corrected chi connectivity index (χ1v) is 4.68. The minimum atomic E-state index is -0.957. The van der Waals surface area contributed by atoms with E-state index in [1.165, 1.54) is 0 Å². The Morgan fingerprint density at radius 3 is 2.87 bits per heavy atom. The molecule has 0 fully saturated rings. The van der Waals surface area contributed by atoms with Crippen molar-refractivity contribution in [2.45, 2.75) is 6.42 Å². The maximum atomic E-state index is 10.2. The Labute approximate surface area is 89.6 Å². The zero-order valence-corrected chi connectivity index (χ0v) is 8.85. The Morgan fingerprint density at radius 2 is 2.33 bits per heavy atom. The Kier molecular flexibility index (Phi) is 8.34. The summed E-state index contributed by atoms with van der Waals surface area (Å²) in [6.07, 6.45) is 3.10. The van der Waals surface area contributed by atoms with E-state index in [2.05, 4.69) is 6.07 Å². The number of rotatable bonds is 8. The highest BCUT2D eigenvalue weighted by Gasteiger charge is 2.01. The van der Waals surface area contributed by atoms with Gasteiger partial charge >= 0.3 is 5.97 Å². The molecule has 1 N–H and O–H groups in total. The second-order valence-electron chi connectivity index (χ2n) is 2.94. The van der Waals surface area contributed by atoms with Gasteiger partial charge in [0.25, 0.3) is 0 Å². The summed E-state index contributed by atoms with van der Waals surface area (Å²) in [6, 6.07) is 2.05. The number of carbonyl (C=O) groups is 1. The van der Waals surface area contributed by atoms with Gasteiger partial charge in [0.05, 0.1) is 12.7 Å². The van der Waals surface area contributed by atoms with E-state index in [-0.39, 0.29) is 0 Å². The van der Waals surface area contributed by atoms with Gasteiger partial charge in [0.15, 0.2) is 0 Å². The van der Waals surface area contributed by atoms with Gasteiger partial charge in [0.1, 0.15) is 0 Å². The molecule has 0 aliphatic heterocycles. The first kappa shape index (κ1) is 13.6. The maximum Gasteiger partial charge on any atom is 0.328 e. The van der Waals surface area contributed by atoms with Gasteiger partial charge in [-0.3, -0.25) is 4.90 Å². The van der Waals surface area contributed by atoms with Crippen LogP contribution in [0.15, 0.2) is 12.2 Å². The molecule has 5 heteroatoms. The third-order valence-electron chi connectivity index (χ3n) is 1.78. The average Bonchev–Trinajstić information content (AvgIpc) is 2.20. The summed E-state index contributed by atoms with van der Waals surface area (Å²) in [5.41, 5.74) is 0. The molecule has 0 saturated carbocycles. The highest BCUT2D eigenvalue weighted by atomic mass is 16.5. The van der Waals surface area contributed by atoms with Crippen LogP contribution in [0.25, 0.3) is 0 Å². The van der Waals surface area contributed by atoms with Crippen LogP contribution < -0.4 is 0 Å². The molecule has 0 aromatic carbocycles. The third-order valence-corrected chi connectivity index (χ3v) is 1.78. The zero-order chi connectivity index (χ0) is 11.5. The minimum Gasteiger partial charge on any atom is -0.478 e. The summed E-state index contributed by atoms with van der Waals surface area (Å²) in [5, 5.41) is 16.8. The van der Waals surface area contributed by atoms with Gasteiger partial charge in [0, 0.05) is 39.2 Å². The first-order valence-electron chi connectivity index (χ1n) is 4.68. The highest BCUT2D eigenvalue weighted by Crippen LogP contribution is 1.92. The van der Waals surface area contributed by atoms with Crippen molar-refractivity contribution < 1.29 is 14.6 Å². The van der Waals surface area contributed by atoms with Crippen molar-refractivity contribution in [3.8, 4) is 6.07 Å². The Morgan fingerprint density at radius 1 is 1.60 bits per heavy atom. The fraction of sp³-hybridized carbons (Fsp3) is 0.600. The molecule has 0 heterocycles. The first-order chi connectivity index (χ1) is 7.20. The molecule has 0 rings (SSSR count). The van der Waals surface area contributed by atoms with Gasteiger partial charge < -0.3 is 9.84 Å². The predicted octanol–water partition coefficient (Wildman–Crippen LogP) is 0.489. The van der Waals surface area contributed by atoms with Gasteiger partial charge in [-0.2, -0.15) is 5.26 Å². The number of carboxylic acids is 1. The highest BCUT2D eigenvalue weighted by molar-refractivity contribution is 5.79. The summed E-state index contributed by atoms with van der Waals surface area (Å²) in [7, 11) is 1.61. The fourth-order valence-corrected chi connectivity index (χ4v) is 1.03. The van der Waals surface area contributed by atoms with E-state index < -0.39 is 5.97 Å². The summed E-state index contributed by atoms with van der Waals surface area (Å²) in [6.45, 7) is 2.43. The molecule has 84 valence electrons. The molecule has 0 aliphatic carbocycles. The van der Waals surface area contributed by atoms with Gasteiger partial charge in [-0.15, -0.1) is 0 Å². The lowest BCUT2D eigenvalue weighted by molar-refractivity contribution is -0.131. The van der Waals surface area contributed by atoms with Crippen molar-refractivity contribution in [2.24, 2.45) is 0 Å². The molecular weight excluding hydrogens is 196 g/mol. The van der Waals surface area contributed by atoms with Crippen molar-refractivity contribution in [3.05, 3.63) is 12.2 Å². The van der Waals surface area contributed by atoms with E-state index in [1.807, 2.05) is 4.90 Å².